The average molecular weight is 483 g/mol. The number of anilines is 1. The van der Waals surface area contributed by atoms with Crippen molar-refractivity contribution in [1.82, 2.24) is 14.5 Å². The smallest absolute Gasteiger partial charge is 0.336 e. The maximum atomic E-state index is 13.5. The molecule has 0 spiro atoms. The summed E-state index contributed by atoms with van der Waals surface area (Å²) < 4.78 is 2.37. The third-order valence-electron chi connectivity index (χ3n) is 6.19. The molecule has 0 aliphatic heterocycles. The van der Waals surface area contributed by atoms with Crippen LogP contribution in [0.3, 0.4) is 0 Å². The summed E-state index contributed by atoms with van der Waals surface area (Å²) in [6.07, 6.45) is 2.27. The molecule has 1 aliphatic rings. The quantitative estimate of drug-likeness (QED) is 0.423. The maximum absolute atomic E-state index is 13.5. The monoisotopic (exact) mass is 482 g/mol. The summed E-state index contributed by atoms with van der Waals surface area (Å²) >= 11 is 0. The molecule has 4 aromatic rings. The molecule has 36 heavy (non-hydrogen) atoms. The molecule has 3 aromatic carbocycles. The molecule has 0 radical (unpaired) electrons. The maximum Gasteiger partial charge on any atom is 0.336 e. The molecule has 2 amide bonds. The molecular weight excluding hydrogens is 456 g/mol. The standard InChI is InChI=1S/C28H26N4O4/c1-18-6-10-20(11-7-18)30-26(34)17-31-24-5-3-2-4-23(24)27(35)32(28(31)36)22-14-8-19(9-15-22)16-25(33)29-21-12-13-21/h2-11,14-15,21H,12-13,16-17H2,1H3,(H,29,33)(H,30,34). The van der Waals surface area contributed by atoms with Crippen LogP contribution in [0.4, 0.5) is 5.69 Å². The van der Waals surface area contributed by atoms with Crippen molar-refractivity contribution in [1.29, 1.82) is 0 Å². The van der Waals surface area contributed by atoms with Gasteiger partial charge in [-0.2, -0.15) is 0 Å². The largest absolute Gasteiger partial charge is 0.353 e. The van der Waals surface area contributed by atoms with E-state index in [0.29, 0.717) is 22.3 Å². The van der Waals surface area contributed by atoms with Gasteiger partial charge in [0.05, 0.1) is 23.0 Å². The van der Waals surface area contributed by atoms with Crippen LogP contribution in [0.2, 0.25) is 0 Å². The van der Waals surface area contributed by atoms with E-state index in [1.54, 1.807) is 60.7 Å². The van der Waals surface area contributed by atoms with Crippen LogP contribution in [0.15, 0.2) is 82.4 Å². The first kappa shape index (κ1) is 23.3. The first-order valence-corrected chi connectivity index (χ1v) is 11.9. The molecule has 0 atom stereocenters. The van der Waals surface area contributed by atoms with Crippen LogP contribution in [-0.4, -0.2) is 27.0 Å². The van der Waals surface area contributed by atoms with Gasteiger partial charge in [0, 0.05) is 11.7 Å². The van der Waals surface area contributed by atoms with Crippen molar-refractivity contribution in [3.05, 3.63) is 105 Å². The molecule has 0 saturated heterocycles. The number of aryl methyl sites for hydroxylation is 1. The topological polar surface area (TPSA) is 102 Å². The second-order valence-corrected chi connectivity index (χ2v) is 9.13. The summed E-state index contributed by atoms with van der Waals surface area (Å²) in [7, 11) is 0. The summed E-state index contributed by atoms with van der Waals surface area (Å²) in [6, 6.07) is 21.1. The second-order valence-electron chi connectivity index (χ2n) is 9.13. The van der Waals surface area contributed by atoms with E-state index in [9.17, 15) is 19.2 Å². The predicted molar refractivity (Wildman–Crippen MR) is 138 cm³/mol. The Kier molecular flexibility index (Phi) is 6.25. The van der Waals surface area contributed by atoms with E-state index in [-0.39, 0.29) is 30.8 Å². The molecular formula is C28H26N4O4. The Morgan fingerprint density at radius 3 is 2.28 bits per heavy atom. The van der Waals surface area contributed by atoms with Gasteiger partial charge < -0.3 is 10.6 Å². The SMILES string of the molecule is Cc1ccc(NC(=O)Cn2c(=O)n(-c3ccc(CC(=O)NC4CC4)cc3)c(=O)c3ccccc32)cc1. The number of nitrogens with zero attached hydrogens (tertiary/aromatic N) is 2. The van der Waals surface area contributed by atoms with Crippen molar-refractivity contribution in [3.8, 4) is 5.69 Å². The van der Waals surface area contributed by atoms with E-state index in [0.717, 1.165) is 28.5 Å². The van der Waals surface area contributed by atoms with Crippen molar-refractivity contribution in [2.24, 2.45) is 0 Å². The molecule has 8 heteroatoms. The summed E-state index contributed by atoms with van der Waals surface area (Å²) in [6.45, 7) is 1.70. The lowest BCUT2D eigenvalue weighted by Crippen LogP contribution is -2.40. The first-order valence-electron chi connectivity index (χ1n) is 11.9. The second kappa shape index (κ2) is 9.65. The van der Waals surface area contributed by atoms with Gasteiger partial charge in [-0.05, 0) is 61.7 Å². The zero-order chi connectivity index (χ0) is 25.2. The summed E-state index contributed by atoms with van der Waals surface area (Å²) in [5.74, 6) is -0.427. The summed E-state index contributed by atoms with van der Waals surface area (Å²) in [5, 5.41) is 6.08. The lowest BCUT2D eigenvalue weighted by atomic mass is 10.1. The van der Waals surface area contributed by atoms with E-state index in [4.69, 9.17) is 0 Å². The van der Waals surface area contributed by atoms with Crippen LogP contribution in [0, 0.1) is 6.92 Å². The number of aromatic nitrogens is 2. The number of benzene rings is 3. The number of hydrogen-bond donors (Lipinski definition) is 2. The molecule has 8 nitrogen and oxygen atoms in total. The molecule has 1 fully saturated rings. The Labute approximate surface area is 207 Å². The van der Waals surface area contributed by atoms with Gasteiger partial charge in [0.25, 0.3) is 5.56 Å². The Hall–Kier alpha value is -4.46. The molecule has 0 unspecified atom stereocenters. The van der Waals surface area contributed by atoms with Gasteiger partial charge in [-0.15, -0.1) is 0 Å². The highest BCUT2D eigenvalue weighted by Gasteiger charge is 2.23. The molecule has 1 aromatic heterocycles. The molecule has 0 bridgehead atoms. The number of para-hydroxylation sites is 1. The van der Waals surface area contributed by atoms with Gasteiger partial charge >= 0.3 is 5.69 Å². The number of fused-ring (bicyclic) bond motifs is 1. The van der Waals surface area contributed by atoms with E-state index in [2.05, 4.69) is 10.6 Å². The van der Waals surface area contributed by atoms with Crippen LogP contribution >= 0.6 is 0 Å². The van der Waals surface area contributed by atoms with E-state index >= 15 is 0 Å². The summed E-state index contributed by atoms with van der Waals surface area (Å²) in [4.78, 5) is 51.7. The fraction of sp³-hybridized carbons (Fsp3) is 0.214. The zero-order valence-electron chi connectivity index (χ0n) is 19.9. The van der Waals surface area contributed by atoms with Crippen LogP contribution in [0.1, 0.15) is 24.0 Å². The summed E-state index contributed by atoms with van der Waals surface area (Å²) in [5.41, 5.74) is 2.14. The van der Waals surface area contributed by atoms with Gasteiger partial charge in [0.1, 0.15) is 6.54 Å². The third-order valence-corrected chi connectivity index (χ3v) is 6.19. The highest BCUT2D eigenvalue weighted by Crippen LogP contribution is 2.19. The van der Waals surface area contributed by atoms with E-state index in [1.807, 2.05) is 19.1 Å². The molecule has 5 rings (SSSR count). The van der Waals surface area contributed by atoms with Gasteiger partial charge in [0.15, 0.2) is 0 Å². The van der Waals surface area contributed by atoms with Crippen molar-refractivity contribution in [2.75, 3.05) is 5.32 Å². The predicted octanol–water partition coefficient (Wildman–Crippen LogP) is 2.92. The number of rotatable bonds is 7. The normalized spacial score (nSPS) is 12.9. The number of amides is 2. The van der Waals surface area contributed by atoms with Crippen molar-refractivity contribution in [3.63, 3.8) is 0 Å². The molecule has 2 N–H and O–H groups in total. The molecule has 1 heterocycles. The Balaban J connectivity index is 1.47. The van der Waals surface area contributed by atoms with E-state index in [1.165, 1.54) is 4.57 Å². The lowest BCUT2D eigenvalue weighted by Gasteiger charge is -2.14. The van der Waals surface area contributed by atoms with E-state index < -0.39 is 11.2 Å². The number of hydrogen-bond acceptors (Lipinski definition) is 4. The Bertz CT molecular complexity index is 1560. The minimum atomic E-state index is -0.614. The van der Waals surface area contributed by atoms with Gasteiger partial charge in [-0.25, -0.2) is 9.36 Å². The molecule has 1 aliphatic carbocycles. The van der Waals surface area contributed by atoms with Crippen molar-refractivity contribution < 1.29 is 9.59 Å². The highest BCUT2D eigenvalue weighted by molar-refractivity contribution is 5.91. The fourth-order valence-corrected chi connectivity index (χ4v) is 4.14. The molecule has 1 saturated carbocycles. The van der Waals surface area contributed by atoms with Crippen LogP contribution in [-0.2, 0) is 22.6 Å². The lowest BCUT2D eigenvalue weighted by molar-refractivity contribution is -0.120. The minimum absolute atomic E-state index is 0.0462. The highest BCUT2D eigenvalue weighted by atomic mass is 16.2. The van der Waals surface area contributed by atoms with Crippen molar-refractivity contribution in [2.45, 2.75) is 38.8 Å². The van der Waals surface area contributed by atoms with Crippen LogP contribution in [0.5, 0.6) is 0 Å². The van der Waals surface area contributed by atoms with Gasteiger partial charge in [0.2, 0.25) is 11.8 Å². The van der Waals surface area contributed by atoms with Crippen LogP contribution < -0.4 is 21.9 Å². The minimum Gasteiger partial charge on any atom is -0.353 e. The fourth-order valence-electron chi connectivity index (χ4n) is 4.14. The average Bonchev–Trinajstić information content (AvgIpc) is 3.68. The Morgan fingerprint density at radius 1 is 0.889 bits per heavy atom. The Morgan fingerprint density at radius 2 is 1.58 bits per heavy atom. The number of nitrogens with one attached hydrogen (secondary N) is 2. The number of carbonyl (C=O) groups excluding carboxylic acids is 2. The zero-order valence-corrected chi connectivity index (χ0v) is 19.9. The van der Waals surface area contributed by atoms with Crippen LogP contribution in [0.25, 0.3) is 16.6 Å². The third kappa shape index (κ3) is 4.98. The van der Waals surface area contributed by atoms with Crippen molar-refractivity contribution >= 4 is 28.4 Å². The van der Waals surface area contributed by atoms with Gasteiger partial charge in [-0.1, -0.05) is 42.0 Å². The first-order chi connectivity index (χ1) is 17.4. The molecule has 182 valence electrons. The van der Waals surface area contributed by atoms with Gasteiger partial charge in [-0.3, -0.25) is 19.0 Å². The number of carbonyl (C=O) groups is 2.